The van der Waals surface area contributed by atoms with Crippen LogP contribution in [0.2, 0.25) is 0 Å². The molecule has 2 aromatic heterocycles. The van der Waals surface area contributed by atoms with Gasteiger partial charge in [-0.2, -0.15) is 5.10 Å². The van der Waals surface area contributed by atoms with Crippen LogP contribution < -0.4 is 0 Å². The lowest BCUT2D eigenvalue weighted by molar-refractivity contribution is -0.00760. The summed E-state index contributed by atoms with van der Waals surface area (Å²) in [4.78, 5) is 18.5. The first-order valence-corrected chi connectivity index (χ1v) is 7.58. The van der Waals surface area contributed by atoms with Crippen molar-refractivity contribution in [1.29, 1.82) is 0 Å². The van der Waals surface area contributed by atoms with Gasteiger partial charge >= 0.3 is 0 Å². The number of amides is 1. The quantitative estimate of drug-likeness (QED) is 0.912. The average Bonchev–Trinajstić information content (AvgIpc) is 3.25. The zero-order valence-electron chi connectivity index (χ0n) is 12.4. The van der Waals surface area contributed by atoms with Crippen molar-refractivity contribution in [3.63, 3.8) is 0 Å². The number of rotatable bonds is 2. The zero-order chi connectivity index (χ0) is 15.1. The lowest BCUT2D eigenvalue weighted by atomic mass is 9.91. The maximum atomic E-state index is 12.4. The third kappa shape index (κ3) is 2.31. The second-order valence-corrected chi connectivity index (χ2v) is 5.96. The predicted octanol–water partition coefficient (Wildman–Crippen LogP) is 1.70. The average molecular weight is 302 g/mol. The van der Waals surface area contributed by atoms with Crippen LogP contribution in [0.4, 0.5) is 0 Å². The maximum Gasteiger partial charge on any atom is 0.289 e. The molecule has 0 aromatic carbocycles. The van der Waals surface area contributed by atoms with E-state index >= 15 is 0 Å². The smallest absolute Gasteiger partial charge is 0.289 e. The van der Waals surface area contributed by atoms with Gasteiger partial charge in [-0.05, 0) is 37.8 Å². The topological polar surface area (TPSA) is 84.2 Å². The van der Waals surface area contributed by atoms with Crippen LogP contribution in [0, 0.1) is 12.8 Å². The second kappa shape index (κ2) is 5.24. The standard InChI is InChI=1S/C15H18N4O3/c1-9-16-14(18-17-9)12-7-10-4-5-19(8-13(10)22-12)15(20)11-3-2-6-21-11/h2-3,6,10,12-13H,4-5,7-8H2,1H3,(H,16,17,18)/t10-,12+,13+/m1/s1. The van der Waals surface area contributed by atoms with E-state index in [1.54, 1.807) is 12.1 Å². The summed E-state index contributed by atoms with van der Waals surface area (Å²) in [6.45, 7) is 3.22. The van der Waals surface area contributed by atoms with Crippen LogP contribution in [-0.2, 0) is 4.74 Å². The van der Waals surface area contributed by atoms with Crippen molar-refractivity contribution < 1.29 is 13.9 Å². The number of aromatic nitrogens is 3. The number of aromatic amines is 1. The van der Waals surface area contributed by atoms with Gasteiger partial charge < -0.3 is 14.1 Å². The van der Waals surface area contributed by atoms with E-state index in [4.69, 9.17) is 9.15 Å². The molecule has 4 rings (SSSR count). The number of furan rings is 1. The fraction of sp³-hybridized carbons (Fsp3) is 0.533. The molecule has 4 heterocycles. The molecule has 7 nitrogen and oxygen atoms in total. The van der Waals surface area contributed by atoms with Gasteiger partial charge in [0.25, 0.3) is 5.91 Å². The third-order valence-corrected chi connectivity index (χ3v) is 4.47. The van der Waals surface area contributed by atoms with E-state index in [0.717, 1.165) is 31.0 Å². The van der Waals surface area contributed by atoms with Crippen LogP contribution in [0.3, 0.4) is 0 Å². The van der Waals surface area contributed by atoms with Gasteiger partial charge in [0, 0.05) is 13.1 Å². The van der Waals surface area contributed by atoms with Crippen molar-refractivity contribution in [3.05, 3.63) is 35.8 Å². The summed E-state index contributed by atoms with van der Waals surface area (Å²) in [7, 11) is 0. The Bertz CT molecular complexity index is 666. The number of ether oxygens (including phenoxy) is 1. The number of nitrogens with zero attached hydrogens (tertiary/aromatic N) is 3. The SMILES string of the molecule is Cc1nc([C@@H]2C[C@H]3CCN(C(=O)c4ccco4)C[C@@H]3O2)n[nH]1. The van der Waals surface area contributed by atoms with Gasteiger partial charge in [0.15, 0.2) is 11.6 Å². The lowest BCUT2D eigenvalue weighted by Crippen LogP contribution is -2.45. The summed E-state index contributed by atoms with van der Waals surface area (Å²) in [6, 6.07) is 3.43. The summed E-state index contributed by atoms with van der Waals surface area (Å²) in [6.07, 6.45) is 3.37. The first-order chi connectivity index (χ1) is 10.7. The number of hydrogen-bond donors (Lipinski definition) is 1. The van der Waals surface area contributed by atoms with Gasteiger partial charge in [0.1, 0.15) is 11.9 Å². The van der Waals surface area contributed by atoms with Crippen molar-refractivity contribution in [2.45, 2.75) is 32.0 Å². The number of likely N-dealkylation sites (tertiary alicyclic amines) is 1. The molecule has 1 amide bonds. The molecule has 3 atom stereocenters. The van der Waals surface area contributed by atoms with Gasteiger partial charge in [-0.1, -0.05) is 0 Å². The van der Waals surface area contributed by atoms with Crippen molar-refractivity contribution in [2.75, 3.05) is 13.1 Å². The molecular formula is C15H18N4O3. The third-order valence-electron chi connectivity index (χ3n) is 4.47. The number of nitrogens with one attached hydrogen (secondary N) is 1. The minimum atomic E-state index is -0.0707. The molecular weight excluding hydrogens is 284 g/mol. The Kier molecular flexibility index (Phi) is 3.22. The summed E-state index contributed by atoms with van der Waals surface area (Å²) >= 11 is 0. The highest BCUT2D eigenvalue weighted by Crippen LogP contribution is 2.40. The second-order valence-electron chi connectivity index (χ2n) is 5.96. The lowest BCUT2D eigenvalue weighted by Gasteiger charge is -2.33. The summed E-state index contributed by atoms with van der Waals surface area (Å²) in [5.74, 6) is 2.30. The Balaban J connectivity index is 1.44. The molecule has 116 valence electrons. The Hall–Kier alpha value is -2.15. The first kappa shape index (κ1) is 13.5. The Morgan fingerprint density at radius 3 is 3.14 bits per heavy atom. The van der Waals surface area contributed by atoms with Crippen LogP contribution in [0.25, 0.3) is 0 Å². The van der Waals surface area contributed by atoms with Crippen LogP contribution in [0.1, 0.15) is 41.1 Å². The molecule has 2 aliphatic heterocycles. The van der Waals surface area contributed by atoms with E-state index in [2.05, 4.69) is 15.2 Å². The molecule has 0 saturated carbocycles. The number of fused-ring (bicyclic) bond motifs is 1. The van der Waals surface area contributed by atoms with Gasteiger partial charge in [-0.3, -0.25) is 9.89 Å². The number of H-pyrrole nitrogens is 1. The maximum absolute atomic E-state index is 12.4. The minimum Gasteiger partial charge on any atom is -0.459 e. The normalized spacial score (nSPS) is 27.9. The molecule has 0 unspecified atom stereocenters. The van der Waals surface area contributed by atoms with E-state index < -0.39 is 0 Å². The van der Waals surface area contributed by atoms with Crippen molar-refractivity contribution >= 4 is 5.91 Å². The minimum absolute atomic E-state index is 0.0523. The molecule has 2 fully saturated rings. The van der Waals surface area contributed by atoms with Crippen molar-refractivity contribution in [3.8, 4) is 0 Å². The molecule has 22 heavy (non-hydrogen) atoms. The Labute approximate surface area is 127 Å². The molecule has 0 bridgehead atoms. The first-order valence-electron chi connectivity index (χ1n) is 7.58. The molecule has 0 aliphatic carbocycles. The van der Waals surface area contributed by atoms with E-state index in [0.29, 0.717) is 18.2 Å². The number of hydrogen-bond acceptors (Lipinski definition) is 5. The molecule has 2 aliphatic rings. The van der Waals surface area contributed by atoms with Crippen molar-refractivity contribution in [2.24, 2.45) is 5.92 Å². The number of carbonyl (C=O) groups is 1. The monoisotopic (exact) mass is 302 g/mol. The number of carbonyl (C=O) groups excluding carboxylic acids is 1. The van der Waals surface area contributed by atoms with Gasteiger partial charge in [0.2, 0.25) is 0 Å². The molecule has 1 N–H and O–H groups in total. The highest BCUT2D eigenvalue weighted by Gasteiger charge is 2.42. The summed E-state index contributed by atoms with van der Waals surface area (Å²) < 4.78 is 11.3. The van der Waals surface area contributed by atoms with Crippen LogP contribution >= 0.6 is 0 Å². The zero-order valence-corrected chi connectivity index (χ0v) is 12.4. The van der Waals surface area contributed by atoms with E-state index in [1.165, 1.54) is 6.26 Å². The highest BCUT2D eigenvalue weighted by atomic mass is 16.5. The predicted molar refractivity (Wildman–Crippen MR) is 76.1 cm³/mol. The van der Waals surface area contributed by atoms with Crippen LogP contribution in [-0.4, -0.2) is 45.2 Å². The van der Waals surface area contributed by atoms with E-state index in [1.807, 2.05) is 11.8 Å². The fourth-order valence-corrected chi connectivity index (χ4v) is 3.34. The molecule has 0 spiro atoms. The van der Waals surface area contributed by atoms with Gasteiger partial charge in [0.05, 0.1) is 12.4 Å². The molecule has 7 heteroatoms. The van der Waals surface area contributed by atoms with E-state index in [9.17, 15) is 4.79 Å². The Morgan fingerprint density at radius 1 is 1.50 bits per heavy atom. The van der Waals surface area contributed by atoms with Crippen LogP contribution in [0.5, 0.6) is 0 Å². The number of piperidine rings is 1. The summed E-state index contributed by atoms with van der Waals surface area (Å²) in [5, 5.41) is 7.05. The van der Waals surface area contributed by atoms with Gasteiger partial charge in [-0.25, -0.2) is 4.98 Å². The fourth-order valence-electron chi connectivity index (χ4n) is 3.34. The summed E-state index contributed by atoms with van der Waals surface area (Å²) in [5.41, 5.74) is 0. The molecule has 0 radical (unpaired) electrons. The van der Waals surface area contributed by atoms with Crippen molar-refractivity contribution in [1.82, 2.24) is 20.1 Å². The molecule has 2 aromatic rings. The highest BCUT2D eigenvalue weighted by molar-refractivity contribution is 5.91. The number of aryl methyl sites for hydroxylation is 1. The van der Waals surface area contributed by atoms with Crippen LogP contribution in [0.15, 0.2) is 22.8 Å². The van der Waals surface area contributed by atoms with E-state index in [-0.39, 0.29) is 18.1 Å². The van der Waals surface area contributed by atoms with Gasteiger partial charge in [-0.15, -0.1) is 0 Å². The Morgan fingerprint density at radius 2 is 2.41 bits per heavy atom. The molecule has 2 saturated heterocycles. The largest absolute Gasteiger partial charge is 0.459 e.